The zero-order valence-corrected chi connectivity index (χ0v) is 20.5. The van der Waals surface area contributed by atoms with Crippen LogP contribution in [0.2, 0.25) is 0 Å². The van der Waals surface area contributed by atoms with Crippen LogP contribution in [0.5, 0.6) is 0 Å². The Morgan fingerprint density at radius 2 is 1.69 bits per heavy atom. The maximum Gasteiger partial charge on any atom is 0.291 e. The van der Waals surface area contributed by atoms with Gasteiger partial charge in [0.15, 0.2) is 23.2 Å². The molecule has 4 rings (SSSR count). The number of amides is 1. The molecule has 0 spiro atoms. The summed E-state index contributed by atoms with van der Waals surface area (Å²) in [4.78, 5) is 38.9. The van der Waals surface area contributed by atoms with Crippen LogP contribution in [0.3, 0.4) is 0 Å². The van der Waals surface area contributed by atoms with Crippen molar-refractivity contribution < 1.29 is 18.8 Å². The van der Waals surface area contributed by atoms with Crippen LogP contribution in [0.25, 0.3) is 5.69 Å². The average Bonchev–Trinajstić information content (AvgIpc) is 3.50. The number of nitrogens with zero attached hydrogens (tertiary/aromatic N) is 2. The van der Waals surface area contributed by atoms with Gasteiger partial charge in [-0.1, -0.05) is 18.2 Å². The van der Waals surface area contributed by atoms with Crippen LogP contribution in [-0.4, -0.2) is 22.0 Å². The van der Waals surface area contributed by atoms with Gasteiger partial charge < -0.3 is 14.3 Å². The molecule has 1 atom stereocenters. The minimum atomic E-state index is -1.52. The van der Waals surface area contributed by atoms with Gasteiger partial charge in [-0.15, -0.1) is 0 Å². The summed E-state index contributed by atoms with van der Waals surface area (Å²) in [6.45, 7) is 7.74. The normalized spacial score (nSPS) is 11.5. The van der Waals surface area contributed by atoms with Gasteiger partial charge in [-0.2, -0.15) is 5.26 Å². The quantitative estimate of drug-likeness (QED) is 0.268. The lowest BCUT2D eigenvalue weighted by Gasteiger charge is -2.13. The van der Waals surface area contributed by atoms with Gasteiger partial charge >= 0.3 is 0 Å². The van der Waals surface area contributed by atoms with Crippen molar-refractivity contribution in [3.8, 4) is 11.8 Å². The zero-order chi connectivity index (χ0) is 26.0. The summed E-state index contributed by atoms with van der Waals surface area (Å²) in [7, 11) is 0. The Morgan fingerprint density at radius 3 is 2.36 bits per heavy atom. The van der Waals surface area contributed by atoms with Gasteiger partial charge in [0.25, 0.3) is 5.91 Å². The summed E-state index contributed by atoms with van der Waals surface area (Å²) in [5.74, 6) is -3.06. The van der Waals surface area contributed by atoms with E-state index in [2.05, 4.69) is 5.32 Å². The molecule has 0 aliphatic heterocycles. The van der Waals surface area contributed by atoms with Gasteiger partial charge in [0.1, 0.15) is 0 Å². The van der Waals surface area contributed by atoms with E-state index in [1.165, 1.54) is 24.5 Å². The number of hydrogen-bond acceptors (Lipinski definition) is 5. The van der Waals surface area contributed by atoms with Gasteiger partial charge in [0, 0.05) is 33.9 Å². The summed E-state index contributed by atoms with van der Waals surface area (Å²) in [5, 5.41) is 12.4. The van der Waals surface area contributed by atoms with E-state index in [1.54, 1.807) is 31.2 Å². The van der Waals surface area contributed by atoms with Crippen molar-refractivity contribution in [2.75, 3.05) is 5.32 Å². The number of hydrogen-bond donors (Lipinski definition) is 1. The predicted octanol–water partition coefficient (Wildman–Crippen LogP) is 5.76. The van der Waals surface area contributed by atoms with E-state index in [-0.39, 0.29) is 11.3 Å². The largest absolute Gasteiger partial charge is 0.459 e. The molecular weight excluding hydrogens is 454 g/mol. The molecule has 0 aliphatic carbocycles. The Balaban J connectivity index is 1.61. The minimum absolute atomic E-state index is 0.121. The number of nitriles is 1. The molecule has 0 bridgehead atoms. The fourth-order valence-corrected chi connectivity index (χ4v) is 4.18. The standard InChI is InChI=1S/C29H25N3O4/c1-17-10-11-23(13-18(17)2)32-19(3)14-24(20(32)4)28(34)25(16-30)27(33)21-7-5-8-22(15-21)31-29(35)26-9-6-12-36-26/h5-15,25H,1-4H3,(H,31,35). The number of benzene rings is 2. The number of ketones is 2. The third-order valence-electron chi connectivity index (χ3n) is 6.25. The molecule has 4 aromatic rings. The van der Waals surface area contributed by atoms with Crippen molar-refractivity contribution in [3.63, 3.8) is 0 Å². The Bertz CT molecular complexity index is 1520. The average molecular weight is 480 g/mol. The number of aromatic nitrogens is 1. The van der Waals surface area contributed by atoms with Crippen molar-refractivity contribution in [1.29, 1.82) is 5.26 Å². The number of aryl methyl sites for hydroxylation is 3. The minimum Gasteiger partial charge on any atom is -0.459 e. The fourth-order valence-electron chi connectivity index (χ4n) is 4.18. The molecule has 0 saturated heterocycles. The lowest BCUT2D eigenvalue weighted by molar-refractivity contribution is 0.0844. The molecule has 2 aromatic heterocycles. The summed E-state index contributed by atoms with van der Waals surface area (Å²) in [6.07, 6.45) is 1.38. The number of Topliss-reactive ketones (excluding diaryl/α,β-unsaturated/α-hetero) is 2. The van der Waals surface area contributed by atoms with Crippen molar-refractivity contribution in [1.82, 2.24) is 4.57 Å². The van der Waals surface area contributed by atoms with Crippen LogP contribution in [0.1, 0.15) is 53.8 Å². The van der Waals surface area contributed by atoms with E-state index >= 15 is 0 Å². The molecule has 0 radical (unpaired) electrons. The Labute approximate surface area is 209 Å². The van der Waals surface area contributed by atoms with Gasteiger partial charge in [-0.3, -0.25) is 14.4 Å². The van der Waals surface area contributed by atoms with Crippen LogP contribution >= 0.6 is 0 Å². The van der Waals surface area contributed by atoms with Gasteiger partial charge in [0.2, 0.25) is 0 Å². The van der Waals surface area contributed by atoms with E-state index < -0.39 is 23.4 Å². The van der Waals surface area contributed by atoms with E-state index in [9.17, 15) is 19.6 Å². The first kappa shape index (κ1) is 24.4. The highest BCUT2D eigenvalue weighted by molar-refractivity contribution is 6.18. The Kier molecular flexibility index (Phi) is 6.71. The molecule has 1 unspecified atom stereocenters. The lowest BCUT2D eigenvalue weighted by atomic mass is 9.91. The molecule has 1 amide bonds. The molecule has 180 valence electrons. The van der Waals surface area contributed by atoms with Crippen molar-refractivity contribution in [2.24, 2.45) is 5.92 Å². The van der Waals surface area contributed by atoms with Crippen LogP contribution < -0.4 is 5.32 Å². The lowest BCUT2D eigenvalue weighted by Crippen LogP contribution is -2.23. The van der Waals surface area contributed by atoms with Gasteiger partial charge in [-0.25, -0.2) is 0 Å². The second-order valence-electron chi connectivity index (χ2n) is 8.69. The molecule has 7 heteroatoms. The van der Waals surface area contributed by atoms with Gasteiger partial charge in [-0.05, 0) is 81.3 Å². The number of carbonyl (C=O) groups excluding carboxylic acids is 3. The van der Waals surface area contributed by atoms with E-state index in [4.69, 9.17) is 4.42 Å². The third-order valence-corrected chi connectivity index (χ3v) is 6.25. The fraction of sp³-hybridized carbons (Fsp3) is 0.172. The van der Waals surface area contributed by atoms with E-state index in [0.29, 0.717) is 16.9 Å². The smallest absolute Gasteiger partial charge is 0.291 e. The SMILES string of the molecule is Cc1ccc(-n2c(C)cc(C(=O)C(C#N)C(=O)c3cccc(NC(=O)c4ccco4)c3)c2C)cc1C. The summed E-state index contributed by atoms with van der Waals surface area (Å²) >= 11 is 0. The highest BCUT2D eigenvalue weighted by Crippen LogP contribution is 2.26. The topological polar surface area (TPSA) is 105 Å². The maximum absolute atomic E-state index is 13.4. The zero-order valence-electron chi connectivity index (χ0n) is 20.5. The molecule has 2 aromatic carbocycles. The first-order valence-corrected chi connectivity index (χ1v) is 11.4. The Hall–Kier alpha value is -4.70. The number of furan rings is 1. The molecule has 7 nitrogen and oxygen atoms in total. The molecule has 0 saturated carbocycles. The summed E-state index contributed by atoms with van der Waals surface area (Å²) < 4.78 is 7.03. The summed E-state index contributed by atoms with van der Waals surface area (Å²) in [5.41, 5.74) is 5.50. The van der Waals surface area contributed by atoms with Crippen LogP contribution in [0.4, 0.5) is 5.69 Å². The highest BCUT2D eigenvalue weighted by Gasteiger charge is 2.31. The van der Waals surface area contributed by atoms with Crippen LogP contribution in [0, 0.1) is 44.9 Å². The van der Waals surface area contributed by atoms with Crippen LogP contribution in [-0.2, 0) is 0 Å². The molecule has 2 heterocycles. The van der Waals surface area contributed by atoms with Crippen molar-refractivity contribution >= 4 is 23.2 Å². The molecule has 36 heavy (non-hydrogen) atoms. The monoisotopic (exact) mass is 479 g/mol. The second kappa shape index (κ2) is 9.88. The first-order chi connectivity index (χ1) is 17.2. The van der Waals surface area contributed by atoms with Gasteiger partial charge in [0.05, 0.1) is 12.3 Å². The maximum atomic E-state index is 13.4. The van der Waals surface area contributed by atoms with E-state index in [1.807, 2.05) is 49.6 Å². The number of nitrogens with one attached hydrogen (secondary N) is 1. The molecular formula is C29H25N3O4. The molecule has 0 fully saturated rings. The summed E-state index contributed by atoms with van der Waals surface area (Å²) in [6, 6.07) is 18.9. The second-order valence-corrected chi connectivity index (χ2v) is 8.69. The van der Waals surface area contributed by atoms with Crippen molar-refractivity contribution in [3.05, 3.63) is 106 Å². The third kappa shape index (κ3) is 4.62. The predicted molar refractivity (Wildman–Crippen MR) is 136 cm³/mol. The van der Waals surface area contributed by atoms with Crippen molar-refractivity contribution in [2.45, 2.75) is 27.7 Å². The molecule has 0 aliphatic rings. The Morgan fingerprint density at radius 1 is 0.917 bits per heavy atom. The molecule has 1 N–H and O–H groups in total. The van der Waals surface area contributed by atoms with E-state index in [0.717, 1.165) is 22.5 Å². The number of anilines is 1. The number of rotatable bonds is 7. The first-order valence-electron chi connectivity index (χ1n) is 11.4. The van der Waals surface area contributed by atoms with Crippen LogP contribution in [0.15, 0.2) is 71.3 Å². The number of carbonyl (C=O) groups is 3. The highest BCUT2D eigenvalue weighted by atomic mass is 16.3.